The Morgan fingerprint density at radius 3 is 2.35 bits per heavy atom. The number of aliphatic hydroxyl groups excluding tert-OH is 1. The fraction of sp³-hybridized carbons (Fsp3) is 0.538. The SMILES string of the molecule is CCC(C)N(CC)S(=O)(=O)c1cc(Cl)cc(CO)c1Cl. The number of sulfonamides is 1. The minimum absolute atomic E-state index is 0.0265. The van der Waals surface area contributed by atoms with E-state index in [1.54, 1.807) is 6.92 Å². The molecule has 0 fully saturated rings. The third-order valence-electron chi connectivity index (χ3n) is 3.23. The van der Waals surface area contributed by atoms with Gasteiger partial charge in [-0.3, -0.25) is 0 Å². The van der Waals surface area contributed by atoms with Gasteiger partial charge in [-0.2, -0.15) is 4.31 Å². The number of nitrogens with zero attached hydrogens (tertiary/aromatic N) is 1. The van der Waals surface area contributed by atoms with E-state index >= 15 is 0 Å². The molecule has 1 aromatic carbocycles. The average Bonchev–Trinajstić information content (AvgIpc) is 2.40. The van der Waals surface area contributed by atoms with E-state index in [4.69, 9.17) is 23.2 Å². The van der Waals surface area contributed by atoms with Crippen molar-refractivity contribution in [2.24, 2.45) is 0 Å². The Morgan fingerprint density at radius 2 is 1.90 bits per heavy atom. The molecule has 20 heavy (non-hydrogen) atoms. The van der Waals surface area contributed by atoms with Crippen molar-refractivity contribution in [2.45, 2.75) is 44.7 Å². The van der Waals surface area contributed by atoms with Crippen molar-refractivity contribution in [1.29, 1.82) is 0 Å². The van der Waals surface area contributed by atoms with Crippen LogP contribution < -0.4 is 0 Å². The molecule has 0 heterocycles. The van der Waals surface area contributed by atoms with Crippen molar-refractivity contribution in [3.8, 4) is 0 Å². The first-order valence-electron chi connectivity index (χ1n) is 6.40. The summed E-state index contributed by atoms with van der Waals surface area (Å²) in [6.07, 6.45) is 0.693. The topological polar surface area (TPSA) is 57.6 Å². The lowest BCUT2D eigenvalue weighted by molar-refractivity contribution is 0.281. The molecule has 0 bridgehead atoms. The number of rotatable bonds is 6. The summed E-state index contributed by atoms with van der Waals surface area (Å²) in [7, 11) is -3.74. The molecule has 0 aliphatic heterocycles. The highest BCUT2D eigenvalue weighted by molar-refractivity contribution is 7.89. The van der Waals surface area contributed by atoms with E-state index in [9.17, 15) is 13.5 Å². The van der Waals surface area contributed by atoms with Crippen LogP contribution in [0.15, 0.2) is 17.0 Å². The van der Waals surface area contributed by atoms with Gasteiger partial charge in [0.1, 0.15) is 4.90 Å². The summed E-state index contributed by atoms with van der Waals surface area (Å²) < 4.78 is 26.8. The summed E-state index contributed by atoms with van der Waals surface area (Å²) in [5.74, 6) is 0. The van der Waals surface area contributed by atoms with Crippen molar-refractivity contribution in [1.82, 2.24) is 4.31 Å². The molecular formula is C13H19Cl2NO3S. The Bertz CT molecular complexity index is 575. The predicted molar refractivity (Wildman–Crippen MR) is 81.7 cm³/mol. The van der Waals surface area contributed by atoms with Crippen molar-refractivity contribution in [3.05, 3.63) is 27.7 Å². The molecule has 0 aromatic heterocycles. The summed E-state index contributed by atoms with van der Waals surface area (Å²) in [4.78, 5) is -0.0575. The molecule has 1 unspecified atom stereocenters. The molecule has 114 valence electrons. The van der Waals surface area contributed by atoms with Crippen LogP contribution in [0.3, 0.4) is 0 Å². The van der Waals surface area contributed by atoms with Gasteiger partial charge in [0, 0.05) is 17.6 Å². The fourth-order valence-electron chi connectivity index (χ4n) is 1.97. The van der Waals surface area contributed by atoms with E-state index in [0.29, 0.717) is 18.5 Å². The standard InChI is InChI=1S/C13H19Cl2NO3S/c1-4-9(3)16(5-2)20(18,19)12-7-11(14)6-10(8-17)13(12)15/h6-7,9,17H,4-5,8H2,1-3H3. The fourth-order valence-corrected chi connectivity index (χ4v) is 4.59. The first-order valence-corrected chi connectivity index (χ1v) is 8.59. The molecule has 0 saturated carbocycles. The van der Waals surface area contributed by atoms with Gasteiger partial charge < -0.3 is 5.11 Å². The summed E-state index contributed by atoms with van der Waals surface area (Å²) in [5.41, 5.74) is 0.304. The molecule has 1 atom stereocenters. The van der Waals surface area contributed by atoms with Crippen molar-refractivity contribution in [3.63, 3.8) is 0 Å². The Kier molecular flexibility index (Phi) is 6.28. The highest BCUT2D eigenvalue weighted by Crippen LogP contribution is 2.32. The summed E-state index contributed by atoms with van der Waals surface area (Å²) in [6.45, 7) is 5.51. The van der Waals surface area contributed by atoms with Gasteiger partial charge in [-0.1, -0.05) is 37.0 Å². The molecule has 0 radical (unpaired) electrons. The zero-order valence-electron chi connectivity index (χ0n) is 11.7. The normalized spacial score (nSPS) is 13.8. The number of hydrogen-bond acceptors (Lipinski definition) is 3. The summed E-state index contributed by atoms with van der Waals surface area (Å²) in [5, 5.41) is 9.49. The highest BCUT2D eigenvalue weighted by atomic mass is 35.5. The van der Waals surface area contributed by atoms with E-state index < -0.39 is 10.0 Å². The Morgan fingerprint density at radius 1 is 1.30 bits per heavy atom. The van der Waals surface area contributed by atoms with Crippen LogP contribution in [0.25, 0.3) is 0 Å². The third-order valence-corrected chi connectivity index (χ3v) is 6.12. The first kappa shape index (κ1) is 17.7. The maximum Gasteiger partial charge on any atom is 0.244 e. The minimum atomic E-state index is -3.74. The number of aliphatic hydroxyl groups is 1. The number of benzene rings is 1. The van der Waals surface area contributed by atoms with Gasteiger partial charge in [0.25, 0.3) is 0 Å². The molecule has 0 aliphatic carbocycles. The third kappa shape index (κ3) is 3.46. The van der Waals surface area contributed by atoms with E-state index in [1.807, 2.05) is 13.8 Å². The molecule has 0 aliphatic rings. The molecule has 1 rings (SSSR count). The van der Waals surface area contributed by atoms with Crippen LogP contribution in [0.1, 0.15) is 32.8 Å². The van der Waals surface area contributed by atoms with Gasteiger partial charge in [0.2, 0.25) is 10.0 Å². The molecule has 7 heteroatoms. The Balaban J connectivity index is 3.45. The van der Waals surface area contributed by atoms with Crippen LogP contribution in [-0.4, -0.2) is 30.4 Å². The molecule has 0 spiro atoms. The van der Waals surface area contributed by atoms with Crippen LogP contribution in [0.2, 0.25) is 10.0 Å². The van der Waals surface area contributed by atoms with E-state index in [0.717, 1.165) is 0 Å². The van der Waals surface area contributed by atoms with Crippen molar-refractivity contribution in [2.75, 3.05) is 6.54 Å². The number of hydrogen-bond donors (Lipinski definition) is 1. The van der Waals surface area contributed by atoms with Gasteiger partial charge >= 0.3 is 0 Å². The highest BCUT2D eigenvalue weighted by Gasteiger charge is 2.30. The second kappa shape index (κ2) is 7.09. The van der Waals surface area contributed by atoms with Crippen molar-refractivity contribution < 1.29 is 13.5 Å². The van der Waals surface area contributed by atoms with Crippen LogP contribution in [0, 0.1) is 0 Å². The average molecular weight is 340 g/mol. The van der Waals surface area contributed by atoms with Gasteiger partial charge in [-0.15, -0.1) is 0 Å². The summed E-state index contributed by atoms with van der Waals surface area (Å²) >= 11 is 12.0. The van der Waals surface area contributed by atoms with Gasteiger partial charge in [0.05, 0.1) is 11.6 Å². The molecule has 1 N–H and O–H groups in total. The molecule has 0 amide bonds. The lowest BCUT2D eigenvalue weighted by Gasteiger charge is -2.27. The predicted octanol–water partition coefficient (Wildman–Crippen LogP) is 3.29. The van der Waals surface area contributed by atoms with Crippen LogP contribution in [-0.2, 0) is 16.6 Å². The zero-order valence-corrected chi connectivity index (χ0v) is 14.1. The largest absolute Gasteiger partial charge is 0.392 e. The molecule has 1 aromatic rings. The zero-order chi connectivity index (χ0) is 15.5. The quantitative estimate of drug-likeness (QED) is 0.864. The monoisotopic (exact) mass is 339 g/mol. The van der Waals surface area contributed by atoms with Gasteiger partial charge in [-0.05, 0) is 31.0 Å². The molecular weight excluding hydrogens is 321 g/mol. The smallest absolute Gasteiger partial charge is 0.244 e. The maximum atomic E-state index is 12.7. The van der Waals surface area contributed by atoms with E-state index in [2.05, 4.69) is 0 Å². The van der Waals surface area contributed by atoms with Crippen LogP contribution >= 0.6 is 23.2 Å². The van der Waals surface area contributed by atoms with Crippen LogP contribution in [0.5, 0.6) is 0 Å². The Hall–Kier alpha value is -0.330. The first-order chi connectivity index (χ1) is 9.29. The maximum absolute atomic E-state index is 12.7. The van der Waals surface area contributed by atoms with Crippen LogP contribution in [0.4, 0.5) is 0 Å². The van der Waals surface area contributed by atoms with E-state index in [-0.39, 0.29) is 27.6 Å². The molecule has 4 nitrogen and oxygen atoms in total. The van der Waals surface area contributed by atoms with Gasteiger partial charge in [-0.25, -0.2) is 8.42 Å². The lowest BCUT2D eigenvalue weighted by Crippen LogP contribution is -2.38. The van der Waals surface area contributed by atoms with Gasteiger partial charge in [0.15, 0.2) is 0 Å². The summed E-state index contributed by atoms with van der Waals surface area (Å²) in [6, 6.07) is 2.64. The number of halogens is 2. The second-order valence-electron chi connectivity index (χ2n) is 4.50. The Labute approximate surface area is 130 Å². The lowest BCUT2D eigenvalue weighted by atomic mass is 10.2. The van der Waals surface area contributed by atoms with E-state index in [1.165, 1.54) is 16.4 Å². The molecule has 0 saturated heterocycles. The van der Waals surface area contributed by atoms with Crippen molar-refractivity contribution >= 4 is 33.2 Å². The second-order valence-corrected chi connectivity index (χ2v) is 7.17. The minimum Gasteiger partial charge on any atom is -0.392 e.